The molecule has 1 aliphatic carbocycles. The van der Waals surface area contributed by atoms with Gasteiger partial charge in [0, 0.05) is 12.5 Å². The van der Waals surface area contributed by atoms with Gasteiger partial charge in [-0.25, -0.2) is 0 Å². The van der Waals surface area contributed by atoms with Crippen LogP contribution in [0.15, 0.2) is 48.5 Å². The van der Waals surface area contributed by atoms with Crippen molar-refractivity contribution < 1.29 is 0 Å². The molecule has 3 rings (SSSR count). The Morgan fingerprint density at radius 2 is 1.39 bits per heavy atom. The highest BCUT2D eigenvalue weighted by atomic mass is 35.5. The van der Waals surface area contributed by atoms with Crippen LogP contribution in [0.5, 0.6) is 0 Å². The molecule has 0 radical (unpaired) electrons. The van der Waals surface area contributed by atoms with E-state index in [-0.39, 0.29) is 12.4 Å². The molecule has 23 heavy (non-hydrogen) atoms. The summed E-state index contributed by atoms with van der Waals surface area (Å²) >= 11 is 0. The molecule has 0 bridgehead atoms. The maximum absolute atomic E-state index is 2.39. The molecule has 0 spiro atoms. The van der Waals surface area contributed by atoms with Crippen LogP contribution in [0, 0.1) is 5.92 Å². The van der Waals surface area contributed by atoms with Gasteiger partial charge in [-0.15, -0.1) is 12.4 Å². The van der Waals surface area contributed by atoms with E-state index in [1.165, 1.54) is 19.3 Å². The van der Waals surface area contributed by atoms with Crippen LogP contribution >= 0.6 is 12.4 Å². The SMILES string of the molecule is C[C@H](CC1c2ccccc2CCc2ccccc21)CN(C)C.Cl. The number of fused-ring (bicyclic) bond motifs is 2. The van der Waals surface area contributed by atoms with Crippen LogP contribution in [-0.4, -0.2) is 25.5 Å². The normalized spacial score (nSPS) is 15.3. The van der Waals surface area contributed by atoms with Gasteiger partial charge in [0.05, 0.1) is 0 Å². The molecule has 0 aliphatic heterocycles. The molecule has 0 aromatic heterocycles. The molecule has 0 N–H and O–H groups in total. The Balaban J connectivity index is 0.00000192. The van der Waals surface area contributed by atoms with E-state index in [0.29, 0.717) is 11.8 Å². The van der Waals surface area contributed by atoms with Crippen LogP contribution in [0.4, 0.5) is 0 Å². The predicted octanol–water partition coefficient (Wildman–Crippen LogP) is 4.93. The number of nitrogens with zero attached hydrogens (tertiary/aromatic N) is 1. The molecular weight excluding hydrogens is 302 g/mol. The molecule has 2 aromatic carbocycles. The van der Waals surface area contributed by atoms with Gasteiger partial charge >= 0.3 is 0 Å². The summed E-state index contributed by atoms with van der Waals surface area (Å²) in [6.07, 6.45) is 3.57. The van der Waals surface area contributed by atoms with E-state index in [9.17, 15) is 0 Å². The highest BCUT2D eigenvalue weighted by Gasteiger charge is 2.24. The van der Waals surface area contributed by atoms with Crippen molar-refractivity contribution >= 4 is 12.4 Å². The van der Waals surface area contributed by atoms with Crippen LogP contribution in [0.25, 0.3) is 0 Å². The average molecular weight is 330 g/mol. The van der Waals surface area contributed by atoms with Crippen LogP contribution < -0.4 is 0 Å². The van der Waals surface area contributed by atoms with Crippen molar-refractivity contribution in [3.8, 4) is 0 Å². The molecule has 2 heteroatoms. The van der Waals surface area contributed by atoms with Gasteiger partial charge in [0.2, 0.25) is 0 Å². The molecule has 124 valence electrons. The molecule has 1 atom stereocenters. The predicted molar refractivity (Wildman–Crippen MR) is 102 cm³/mol. The minimum absolute atomic E-state index is 0. The van der Waals surface area contributed by atoms with Gasteiger partial charge in [0.15, 0.2) is 0 Å². The second kappa shape index (κ2) is 7.99. The van der Waals surface area contributed by atoms with Crippen LogP contribution in [0.1, 0.15) is 41.5 Å². The molecule has 2 aromatic rings. The summed E-state index contributed by atoms with van der Waals surface area (Å²) in [7, 11) is 4.34. The Kier molecular flexibility index (Phi) is 6.26. The van der Waals surface area contributed by atoms with Gasteiger partial charge in [-0.3, -0.25) is 0 Å². The van der Waals surface area contributed by atoms with Gasteiger partial charge < -0.3 is 4.90 Å². The van der Waals surface area contributed by atoms with E-state index in [1.807, 2.05) is 0 Å². The van der Waals surface area contributed by atoms with Crippen molar-refractivity contribution in [1.82, 2.24) is 4.90 Å². The fraction of sp³-hybridized carbons (Fsp3) is 0.429. The summed E-state index contributed by atoms with van der Waals surface area (Å²) in [5, 5.41) is 0. The fourth-order valence-electron chi connectivity index (χ4n) is 3.99. The van der Waals surface area contributed by atoms with Gasteiger partial charge in [-0.05, 0) is 61.5 Å². The second-order valence-electron chi connectivity index (χ2n) is 7.05. The first kappa shape index (κ1) is 18.0. The van der Waals surface area contributed by atoms with Gasteiger partial charge in [0.1, 0.15) is 0 Å². The van der Waals surface area contributed by atoms with Crippen molar-refractivity contribution in [1.29, 1.82) is 0 Å². The number of hydrogen-bond donors (Lipinski definition) is 0. The van der Waals surface area contributed by atoms with E-state index < -0.39 is 0 Å². The summed E-state index contributed by atoms with van der Waals surface area (Å²) in [6.45, 7) is 3.54. The molecule has 1 nitrogen and oxygen atoms in total. The van der Waals surface area contributed by atoms with E-state index >= 15 is 0 Å². The average Bonchev–Trinajstić information content (AvgIpc) is 2.65. The Hall–Kier alpha value is -1.31. The van der Waals surface area contributed by atoms with E-state index in [4.69, 9.17) is 0 Å². The zero-order valence-electron chi connectivity index (χ0n) is 14.5. The lowest BCUT2D eigenvalue weighted by atomic mass is 9.82. The number of benzene rings is 2. The van der Waals surface area contributed by atoms with E-state index in [0.717, 1.165) is 6.54 Å². The summed E-state index contributed by atoms with van der Waals surface area (Å²) in [4.78, 5) is 2.30. The Labute approximate surface area is 147 Å². The number of rotatable bonds is 4. The Bertz CT molecular complexity index is 588. The molecule has 0 unspecified atom stereocenters. The lowest BCUT2D eigenvalue weighted by molar-refractivity contribution is 0.321. The van der Waals surface area contributed by atoms with E-state index in [2.05, 4.69) is 74.4 Å². The number of hydrogen-bond acceptors (Lipinski definition) is 1. The monoisotopic (exact) mass is 329 g/mol. The third-order valence-corrected chi connectivity index (χ3v) is 4.84. The van der Waals surface area contributed by atoms with Crippen molar-refractivity contribution in [3.05, 3.63) is 70.8 Å². The van der Waals surface area contributed by atoms with Crippen molar-refractivity contribution in [3.63, 3.8) is 0 Å². The third-order valence-electron chi connectivity index (χ3n) is 4.84. The van der Waals surface area contributed by atoms with Crippen LogP contribution in [0.2, 0.25) is 0 Å². The third kappa shape index (κ3) is 4.16. The zero-order chi connectivity index (χ0) is 15.5. The number of aryl methyl sites for hydroxylation is 2. The highest BCUT2D eigenvalue weighted by Crippen LogP contribution is 2.38. The van der Waals surface area contributed by atoms with Gasteiger partial charge in [-0.1, -0.05) is 55.5 Å². The van der Waals surface area contributed by atoms with E-state index in [1.54, 1.807) is 22.3 Å². The summed E-state index contributed by atoms with van der Waals surface area (Å²) in [5.41, 5.74) is 6.19. The maximum atomic E-state index is 2.39. The largest absolute Gasteiger partial charge is 0.309 e. The van der Waals surface area contributed by atoms with Gasteiger partial charge in [-0.2, -0.15) is 0 Å². The topological polar surface area (TPSA) is 3.24 Å². The minimum Gasteiger partial charge on any atom is -0.309 e. The fourth-order valence-corrected chi connectivity index (χ4v) is 3.99. The van der Waals surface area contributed by atoms with Crippen molar-refractivity contribution in [2.24, 2.45) is 5.92 Å². The zero-order valence-corrected chi connectivity index (χ0v) is 15.3. The second-order valence-corrected chi connectivity index (χ2v) is 7.05. The molecule has 0 saturated carbocycles. The first-order chi connectivity index (χ1) is 10.6. The maximum Gasteiger partial charge on any atom is 0.00978 e. The molecule has 0 fully saturated rings. The summed E-state index contributed by atoms with van der Waals surface area (Å²) in [6, 6.07) is 18.1. The van der Waals surface area contributed by atoms with Crippen molar-refractivity contribution in [2.75, 3.05) is 20.6 Å². The van der Waals surface area contributed by atoms with Gasteiger partial charge in [0.25, 0.3) is 0 Å². The van der Waals surface area contributed by atoms with Crippen LogP contribution in [0.3, 0.4) is 0 Å². The number of halogens is 1. The first-order valence-corrected chi connectivity index (χ1v) is 8.45. The van der Waals surface area contributed by atoms with Crippen molar-refractivity contribution in [2.45, 2.75) is 32.1 Å². The first-order valence-electron chi connectivity index (χ1n) is 8.45. The molecule has 1 aliphatic rings. The Morgan fingerprint density at radius 3 is 1.87 bits per heavy atom. The molecule has 0 saturated heterocycles. The lowest BCUT2D eigenvalue weighted by Crippen LogP contribution is -2.21. The Morgan fingerprint density at radius 1 is 0.913 bits per heavy atom. The standard InChI is InChI=1S/C21H27N.ClH/c1-16(15-22(2)3)14-21-19-10-6-4-8-17(19)12-13-18-9-5-7-11-20(18)21;/h4-11,16,21H,12-15H2,1-3H3;1H/t16-;/m1./s1. The summed E-state index contributed by atoms with van der Waals surface area (Å²) < 4.78 is 0. The smallest absolute Gasteiger partial charge is 0.00978 e. The highest BCUT2D eigenvalue weighted by molar-refractivity contribution is 5.85. The summed E-state index contributed by atoms with van der Waals surface area (Å²) in [5.74, 6) is 1.24. The molecule has 0 amide bonds. The quantitative estimate of drug-likeness (QED) is 0.769. The minimum atomic E-state index is 0. The van der Waals surface area contributed by atoms with Crippen LogP contribution in [-0.2, 0) is 12.8 Å². The molecule has 0 heterocycles. The molecular formula is C21H28ClN. The lowest BCUT2D eigenvalue weighted by Gasteiger charge is -2.25.